The number of aromatic nitrogens is 3. The van der Waals surface area contributed by atoms with Gasteiger partial charge < -0.3 is 10.1 Å². The summed E-state index contributed by atoms with van der Waals surface area (Å²) in [6.07, 6.45) is -1.10. The van der Waals surface area contributed by atoms with Crippen molar-refractivity contribution in [2.75, 3.05) is 9.74 Å². The normalized spacial score (nSPS) is 25.8. The van der Waals surface area contributed by atoms with Crippen molar-refractivity contribution in [2.24, 2.45) is 11.0 Å². The highest BCUT2D eigenvalue weighted by atomic mass is 127. The zero-order valence-corrected chi connectivity index (χ0v) is 18.0. The number of hydrogen-bond donors (Lipinski definition) is 1. The van der Waals surface area contributed by atoms with Crippen LogP contribution in [0, 0.1) is 5.92 Å². The molecular formula is C19H17FIN7O2. The molecule has 1 aliphatic heterocycles. The third-order valence-corrected chi connectivity index (χ3v) is 6.35. The maximum atomic E-state index is 15.2. The number of carbonyl (C=O) groups is 1. The zero-order chi connectivity index (χ0) is 21.3. The molecule has 9 nitrogen and oxygen atoms in total. The summed E-state index contributed by atoms with van der Waals surface area (Å²) in [5.74, 6) is -0.665. The number of rotatable bonds is 5. The molecule has 0 unspecified atom stereocenters. The van der Waals surface area contributed by atoms with Crippen molar-refractivity contribution < 1.29 is 13.9 Å². The molecule has 0 aliphatic carbocycles. The van der Waals surface area contributed by atoms with Crippen molar-refractivity contribution in [3.05, 3.63) is 70.5 Å². The number of fused-ring (bicyclic) bond motifs is 1. The number of nitrogens with one attached hydrogen (secondary N) is 1. The number of halogens is 2. The largest absolute Gasteiger partial charge is 0.355 e. The number of hydrogen-bond acceptors (Lipinski definition) is 5. The Bertz CT molecular complexity index is 1130. The molecule has 4 atom stereocenters. The molecule has 11 heteroatoms. The highest BCUT2D eigenvalue weighted by Gasteiger charge is 2.53. The molecule has 0 saturated carbocycles. The summed E-state index contributed by atoms with van der Waals surface area (Å²) >= 11 is 2.02. The summed E-state index contributed by atoms with van der Waals surface area (Å²) in [5, 5.41) is 10.7. The SMILES string of the molecule is C[C@H]1[C@@H](F)[C@H](c2ccc3c(NC(=O)c4ccccc4)ncnn23)O[C@@]1(CI)N=[N+]=[N-]. The maximum Gasteiger partial charge on any atom is 0.256 e. The number of azide groups is 1. The first-order chi connectivity index (χ1) is 14.5. The van der Waals surface area contributed by atoms with Crippen LogP contribution in [0.3, 0.4) is 0 Å². The van der Waals surface area contributed by atoms with Gasteiger partial charge in [-0.2, -0.15) is 5.10 Å². The molecule has 1 aliphatic rings. The first-order valence-corrected chi connectivity index (χ1v) is 10.7. The number of nitrogens with zero attached hydrogens (tertiary/aromatic N) is 6. The average molecular weight is 521 g/mol. The van der Waals surface area contributed by atoms with Gasteiger partial charge in [0.15, 0.2) is 11.5 Å². The van der Waals surface area contributed by atoms with Crippen LogP contribution in [0.25, 0.3) is 16.0 Å². The summed E-state index contributed by atoms with van der Waals surface area (Å²) in [7, 11) is 0. The quantitative estimate of drug-likeness (QED) is 0.175. The lowest BCUT2D eigenvalue weighted by molar-refractivity contribution is -0.0387. The molecule has 154 valence electrons. The fourth-order valence-corrected chi connectivity index (χ4v) is 4.56. The van der Waals surface area contributed by atoms with Gasteiger partial charge in [0.05, 0.1) is 5.69 Å². The van der Waals surface area contributed by atoms with Gasteiger partial charge in [0.1, 0.15) is 24.1 Å². The Labute approximate surface area is 184 Å². The summed E-state index contributed by atoms with van der Waals surface area (Å²) < 4.78 is 22.9. The Morgan fingerprint density at radius 1 is 1.40 bits per heavy atom. The van der Waals surface area contributed by atoms with E-state index >= 15 is 4.39 Å². The molecule has 0 radical (unpaired) electrons. The van der Waals surface area contributed by atoms with E-state index in [1.807, 2.05) is 28.7 Å². The predicted molar refractivity (Wildman–Crippen MR) is 116 cm³/mol. The van der Waals surface area contributed by atoms with E-state index in [0.29, 0.717) is 27.0 Å². The van der Waals surface area contributed by atoms with Crippen molar-refractivity contribution in [3.63, 3.8) is 0 Å². The molecule has 4 rings (SSSR count). The van der Waals surface area contributed by atoms with Crippen molar-refractivity contribution in [3.8, 4) is 0 Å². The molecule has 1 saturated heterocycles. The number of carbonyl (C=O) groups excluding carboxylic acids is 1. The van der Waals surface area contributed by atoms with Crippen LogP contribution < -0.4 is 5.32 Å². The first-order valence-electron chi connectivity index (χ1n) is 9.14. The fraction of sp³-hybridized carbons (Fsp3) is 0.316. The van der Waals surface area contributed by atoms with Crippen molar-refractivity contribution >= 4 is 39.8 Å². The van der Waals surface area contributed by atoms with Crippen LogP contribution in [-0.4, -0.2) is 36.8 Å². The Kier molecular flexibility index (Phi) is 5.58. The van der Waals surface area contributed by atoms with Gasteiger partial charge in [-0.3, -0.25) is 4.79 Å². The molecule has 2 aromatic heterocycles. The van der Waals surface area contributed by atoms with Crippen LogP contribution in [0.15, 0.2) is 53.9 Å². The molecule has 1 aromatic carbocycles. The first kappa shape index (κ1) is 20.5. The number of ether oxygens (including phenoxy) is 1. The second-order valence-corrected chi connectivity index (χ2v) is 7.69. The molecule has 1 N–H and O–H groups in total. The highest BCUT2D eigenvalue weighted by molar-refractivity contribution is 14.1. The van der Waals surface area contributed by atoms with E-state index in [9.17, 15) is 4.79 Å². The predicted octanol–water partition coefficient (Wildman–Crippen LogP) is 4.47. The van der Waals surface area contributed by atoms with Gasteiger partial charge in [-0.25, -0.2) is 13.9 Å². The van der Waals surface area contributed by atoms with Gasteiger partial charge >= 0.3 is 0 Å². The van der Waals surface area contributed by atoms with E-state index in [1.54, 1.807) is 43.3 Å². The molecule has 30 heavy (non-hydrogen) atoms. The molecule has 0 bridgehead atoms. The molecule has 1 fully saturated rings. The van der Waals surface area contributed by atoms with E-state index in [0.717, 1.165) is 0 Å². The zero-order valence-electron chi connectivity index (χ0n) is 15.8. The topological polar surface area (TPSA) is 117 Å². The lowest BCUT2D eigenvalue weighted by atomic mass is 9.95. The maximum absolute atomic E-state index is 15.2. The second-order valence-electron chi connectivity index (χ2n) is 6.92. The molecule has 3 aromatic rings. The van der Waals surface area contributed by atoms with Crippen LogP contribution in [0.1, 0.15) is 29.1 Å². The summed E-state index contributed by atoms with van der Waals surface area (Å²) in [6.45, 7) is 1.66. The van der Waals surface area contributed by atoms with Gasteiger partial charge in [-0.15, -0.1) is 0 Å². The minimum Gasteiger partial charge on any atom is -0.355 e. The van der Waals surface area contributed by atoms with Gasteiger partial charge in [0, 0.05) is 20.8 Å². The third kappa shape index (κ3) is 3.38. The number of alkyl halides is 2. The summed E-state index contributed by atoms with van der Waals surface area (Å²) in [5.41, 5.74) is 9.07. The van der Waals surface area contributed by atoms with Gasteiger partial charge in [-0.1, -0.05) is 52.8 Å². The van der Waals surface area contributed by atoms with Gasteiger partial charge in [0.25, 0.3) is 5.91 Å². The lowest BCUT2D eigenvalue weighted by Crippen LogP contribution is -2.34. The standard InChI is InChI=1S/C19H17FIN7O2/c1-11-15(20)16(30-19(11,9-21)26-27-22)13-7-8-14-17(23-10-24-28(13)14)25-18(29)12-5-3-2-4-6-12/h2-8,10-11,15-16H,9H2,1H3,(H,23,24,25,29)/t11-,15+,16-,19+/m0/s1. The summed E-state index contributed by atoms with van der Waals surface area (Å²) in [6, 6.07) is 12.1. The van der Waals surface area contributed by atoms with Crippen LogP contribution in [-0.2, 0) is 4.74 Å². The average Bonchev–Trinajstić information content (AvgIpc) is 3.30. The molecule has 3 heterocycles. The Morgan fingerprint density at radius 2 is 2.17 bits per heavy atom. The Morgan fingerprint density at radius 3 is 2.87 bits per heavy atom. The van der Waals surface area contributed by atoms with E-state index in [2.05, 4.69) is 25.4 Å². The van der Waals surface area contributed by atoms with Crippen molar-refractivity contribution in [2.45, 2.75) is 24.9 Å². The molecular weight excluding hydrogens is 504 g/mol. The van der Waals surface area contributed by atoms with Gasteiger partial charge in [-0.05, 0) is 29.8 Å². The second kappa shape index (κ2) is 8.17. The third-order valence-electron chi connectivity index (χ3n) is 5.26. The van der Waals surface area contributed by atoms with Crippen molar-refractivity contribution in [1.29, 1.82) is 0 Å². The van der Waals surface area contributed by atoms with E-state index in [1.165, 1.54) is 10.8 Å². The van der Waals surface area contributed by atoms with E-state index < -0.39 is 23.9 Å². The highest BCUT2D eigenvalue weighted by Crippen LogP contribution is 2.47. The van der Waals surface area contributed by atoms with Crippen LogP contribution >= 0.6 is 22.6 Å². The minimum absolute atomic E-state index is 0.293. The van der Waals surface area contributed by atoms with Gasteiger partial charge in [0.2, 0.25) is 0 Å². The van der Waals surface area contributed by atoms with E-state index in [4.69, 9.17) is 10.3 Å². The van der Waals surface area contributed by atoms with Crippen LogP contribution in [0.5, 0.6) is 0 Å². The fourth-order valence-electron chi connectivity index (χ4n) is 3.53. The smallest absolute Gasteiger partial charge is 0.256 e. The minimum atomic E-state index is -1.40. The Balaban J connectivity index is 1.69. The molecule has 1 amide bonds. The van der Waals surface area contributed by atoms with Crippen LogP contribution in [0.2, 0.25) is 0 Å². The number of anilines is 1. The lowest BCUT2D eigenvalue weighted by Gasteiger charge is -2.24. The monoisotopic (exact) mass is 521 g/mol. The van der Waals surface area contributed by atoms with E-state index in [-0.39, 0.29) is 5.91 Å². The number of amides is 1. The number of benzene rings is 1. The van der Waals surface area contributed by atoms with Crippen LogP contribution in [0.4, 0.5) is 10.2 Å². The molecule has 0 spiro atoms. The summed E-state index contributed by atoms with van der Waals surface area (Å²) in [4.78, 5) is 19.5. The Hall–Kier alpha value is -2.76. The van der Waals surface area contributed by atoms with Crippen molar-refractivity contribution in [1.82, 2.24) is 14.6 Å².